The third kappa shape index (κ3) is 4.91. The molecule has 9 heteroatoms. The van der Waals surface area contributed by atoms with Gasteiger partial charge in [-0.2, -0.15) is 0 Å². The zero-order valence-electron chi connectivity index (χ0n) is 16.7. The second-order valence-corrected chi connectivity index (χ2v) is 7.47. The highest BCUT2D eigenvalue weighted by Crippen LogP contribution is 2.17. The maximum absolute atomic E-state index is 10.8. The first-order valence-electron chi connectivity index (χ1n) is 10.3. The Morgan fingerprint density at radius 1 is 1.13 bits per heavy atom. The molecule has 0 atom stereocenters. The number of aliphatic imine (C=N–C) groups is 1. The molecule has 4 rings (SSSR count). The first-order valence-corrected chi connectivity index (χ1v) is 10.3. The van der Waals surface area contributed by atoms with Crippen molar-refractivity contribution in [1.29, 1.82) is 0 Å². The molecule has 9 nitrogen and oxygen atoms in total. The van der Waals surface area contributed by atoms with Crippen molar-refractivity contribution < 1.29 is 4.92 Å². The number of rotatable bonds is 6. The van der Waals surface area contributed by atoms with Gasteiger partial charge >= 0.3 is 0 Å². The molecule has 2 N–H and O–H groups in total. The number of benzene rings is 1. The summed E-state index contributed by atoms with van der Waals surface area (Å²) in [7, 11) is 0. The van der Waals surface area contributed by atoms with E-state index < -0.39 is 4.92 Å². The lowest BCUT2D eigenvalue weighted by Gasteiger charge is -2.25. The number of nitro groups is 1. The Hall–Kier alpha value is -3.49. The Morgan fingerprint density at radius 3 is 2.70 bits per heavy atom. The summed E-state index contributed by atoms with van der Waals surface area (Å²) in [6, 6.07) is 12.7. The molecule has 0 aliphatic heterocycles. The smallest absolute Gasteiger partial charge is 0.269 e. The molecule has 2 aromatic heterocycles. The molecule has 2 heterocycles. The Labute approximate surface area is 174 Å². The van der Waals surface area contributed by atoms with Gasteiger partial charge in [0, 0.05) is 24.4 Å². The number of nitrogens with zero attached hydrogens (tertiary/aromatic N) is 5. The molecule has 0 unspecified atom stereocenters. The van der Waals surface area contributed by atoms with Gasteiger partial charge in [0.25, 0.3) is 5.69 Å². The summed E-state index contributed by atoms with van der Waals surface area (Å²) in [5.74, 6) is 1.52. The van der Waals surface area contributed by atoms with Crippen LogP contribution in [-0.2, 0) is 13.1 Å². The molecular weight excluding hydrogens is 382 g/mol. The molecule has 1 aromatic carbocycles. The minimum atomic E-state index is -0.395. The fraction of sp³-hybridized carbons (Fsp3) is 0.381. The molecule has 156 valence electrons. The van der Waals surface area contributed by atoms with Crippen LogP contribution in [0.15, 0.2) is 53.7 Å². The van der Waals surface area contributed by atoms with Gasteiger partial charge in [0.15, 0.2) is 17.4 Å². The highest BCUT2D eigenvalue weighted by atomic mass is 16.6. The lowest BCUT2D eigenvalue weighted by molar-refractivity contribution is -0.384. The summed E-state index contributed by atoms with van der Waals surface area (Å²) in [4.78, 5) is 15.1. The van der Waals surface area contributed by atoms with Crippen molar-refractivity contribution in [2.45, 2.75) is 51.2 Å². The monoisotopic (exact) mass is 407 g/mol. The number of guanidine groups is 1. The average Bonchev–Trinajstić information content (AvgIpc) is 3.20. The van der Waals surface area contributed by atoms with E-state index >= 15 is 0 Å². The summed E-state index contributed by atoms with van der Waals surface area (Å²) in [6.45, 7) is 0.921. The summed E-state index contributed by atoms with van der Waals surface area (Å²) in [5, 5.41) is 26.2. The minimum Gasteiger partial charge on any atom is -0.354 e. The van der Waals surface area contributed by atoms with Crippen LogP contribution in [0, 0.1) is 10.1 Å². The topological polar surface area (TPSA) is 110 Å². The van der Waals surface area contributed by atoms with Crippen LogP contribution in [0.2, 0.25) is 0 Å². The Kier molecular flexibility index (Phi) is 6.17. The molecule has 1 aliphatic rings. The van der Waals surface area contributed by atoms with Crippen LogP contribution in [0.4, 0.5) is 5.69 Å². The van der Waals surface area contributed by atoms with Crippen molar-refractivity contribution in [1.82, 2.24) is 25.2 Å². The van der Waals surface area contributed by atoms with Gasteiger partial charge in [-0.25, -0.2) is 4.99 Å². The van der Waals surface area contributed by atoms with Gasteiger partial charge in [-0.1, -0.05) is 37.5 Å². The number of fused-ring (bicyclic) bond motifs is 1. The van der Waals surface area contributed by atoms with E-state index in [1.54, 1.807) is 12.1 Å². The SMILES string of the molecule is O=[N+]([O-])c1ccc(CN=C(NCc2nnc3ccccn23)NC2CCCCC2)cc1. The summed E-state index contributed by atoms with van der Waals surface area (Å²) >= 11 is 0. The number of non-ortho nitro benzene ring substituents is 1. The van der Waals surface area contributed by atoms with Gasteiger partial charge < -0.3 is 10.6 Å². The zero-order valence-corrected chi connectivity index (χ0v) is 16.7. The highest BCUT2D eigenvalue weighted by Gasteiger charge is 2.15. The van der Waals surface area contributed by atoms with E-state index in [1.165, 1.54) is 31.4 Å². The molecule has 0 radical (unpaired) electrons. The number of nitrogens with one attached hydrogen (secondary N) is 2. The Bertz CT molecular complexity index is 1020. The van der Waals surface area contributed by atoms with Gasteiger partial charge in [0.05, 0.1) is 18.0 Å². The number of aromatic nitrogens is 3. The number of pyridine rings is 1. The fourth-order valence-corrected chi connectivity index (χ4v) is 3.66. The van der Waals surface area contributed by atoms with Gasteiger partial charge in [-0.15, -0.1) is 10.2 Å². The van der Waals surface area contributed by atoms with Crippen molar-refractivity contribution in [2.75, 3.05) is 0 Å². The van der Waals surface area contributed by atoms with E-state index in [0.717, 1.165) is 29.9 Å². The fourth-order valence-electron chi connectivity index (χ4n) is 3.66. The van der Waals surface area contributed by atoms with E-state index in [2.05, 4.69) is 20.8 Å². The highest BCUT2D eigenvalue weighted by molar-refractivity contribution is 5.80. The number of hydrogen-bond acceptors (Lipinski definition) is 5. The molecular formula is C21H25N7O2. The predicted molar refractivity (Wildman–Crippen MR) is 114 cm³/mol. The van der Waals surface area contributed by atoms with E-state index in [4.69, 9.17) is 4.99 Å². The molecule has 30 heavy (non-hydrogen) atoms. The van der Waals surface area contributed by atoms with E-state index in [9.17, 15) is 10.1 Å². The van der Waals surface area contributed by atoms with Crippen molar-refractivity contribution >= 4 is 17.3 Å². The number of nitro benzene ring substituents is 1. The molecule has 0 amide bonds. The third-order valence-electron chi connectivity index (χ3n) is 5.31. The normalized spacial score (nSPS) is 15.3. The summed E-state index contributed by atoms with van der Waals surface area (Å²) in [5.41, 5.74) is 1.80. The van der Waals surface area contributed by atoms with Crippen molar-refractivity contribution in [3.63, 3.8) is 0 Å². The van der Waals surface area contributed by atoms with E-state index in [-0.39, 0.29) is 5.69 Å². The first kappa shape index (κ1) is 19.8. The molecule has 1 aliphatic carbocycles. The third-order valence-corrected chi connectivity index (χ3v) is 5.31. The maximum atomic E-state index is 10.8. The maximum Gasteiger partial charge on any atom is 0.269 e. The van der Waals surface area contributed by atoms with Crippen LogP contribution in [0.3, 0.4) is 0 Å². The summed E-state index contributed by atoms with van der Waals surface area (Å²) in [6.07, 6.45) is 7.93. The van der Waals surface area contributed by atoms with Gasteiger partial charge in [0.1, 0.15) is 0 Å². The Morgan fingerprint density at radius 2 is 1.93 bits per heavy atom. The molecule has 3 aromatic rings. The van der Waals surface area contributed by atoms with Gasteiger partial charge in [0.2, 0.25) is 0 Å². The molecule has 0 bridgehead atoms. The quantitative estimate of drug-likeness (QED) is 0.281. The zero-order chi connectivity index (χ0) is 20.8. The van der Waals surface area contributed by atoms with E-state index in [0.29, 0.717) is 25.1 Å². The second kappa shape index (κ2) is 9.34. The number of hydrogen-bond donors (Lipinski definition) is 2. The molecule has 0 saturated heterocycles. The first-order chi connectivity index (χ1) is 14.7. The second-order valence-electron chi connectivity index (χ2n) is 7.47. The van der Waals surface area contributed by atoms with Crippen molar-refractivity contribution in [3.8, 4) is 0 Å². The average molecular weight is 407 g/mol. The van der Waals surface area contributed by atoms with Crippen LogP contribution in [0.25, 0.3) is 5.65 Å². The molecule has 1 saturated carbocycles. The van der Waals surface area contributed by atoms with Crippen LogP contribution in [0.1, 0.15) is 43.5 Å². The lowest BCUT2D eigenvalue weighted by atomic mass is 9.96. The largest absolute Gasteiger partial charge is 0.354 e. The standard InChI is InChI=1S/C21H25N7O2/c29-28(30)18-11-9-16(10-12-18)14-22-21(24-17-6-2-1-3-7-17)23-15-20-26-25-19-8-4-5-13-27(19)20/h4-5,8-13,17H,1-3,6-7,14-15H2,(H2,22,23,24). The van der Waals surface area contributed by atoms with Gasteiger partial charge in [-0.05, 0) is 30.5 Å². The van der Waals surface area contributed by atoms with Crippen LogP contribution in [0.5, 0.6) is 0 Å². The van der Waals surface area contributed by atoms with E-state index in [1.807, 2.05) is 28.8 Å². The lowest BCUT2D eigenvalue weighted by Crippen LogP contribution is -2.44. The van der Waals surface area contributed by atoms with Crippen LogP contribution in [-0.4, -0.2) is 31.5 Å². The van der Waals surface area contributed by atoms with Crippen molar-refractivity contribution in [2.24, 2.45) is 4.99 Å². The Balaban J connectivity index is 1.46. The van der Waals surface area contributed by atoms with Crippen LogP contribution >= 0.6 is 0 Å². The molecule has 0 spiro atoms. The van der Waals surface area contributed by atoms with Crippen LogP contribution < -0.4 is 10.6 Å². The predicted octanol–water partition coefficient (Wildman–Crippen LogP) is 3.21. The molecule has 1 fully saturated rings. The van der Waals surface area contributed by atoms with Gasteiger partial charge in [-0.3, -0.25) is 14.5 Å². The minimum absolute atomic E-state index is 0.0834. The van der Waals surface area contributed by atoms with Crippen molar-refractivity contribution in [3.05, 3.63) is 70.2 Å². The summed E-state index contributed by atoms with van der Waals surface area (Å²) < 4.78 is 1.95.